The van der Waals surface area contributed by atoms with Gasteiger partial charge >= 0.3 is 0 Å². The smallest absolute Gasteiger partial charge is 0.132 e. The zero-order chi connectivity index (χ0) is 10.0. The van der Waals surface area contributed by atoms with Gasteiger partial charge in [0.25, 0.3) is 0 Å². The van der Waals surface area contributed by atoms with Gasteiger partial charge in [0.2, 0.25) is 0 Å². The van der Waals surface area contributed by atoms with Crippen LogP contribution < -0.4 is 0 Å². The lowest BCUT2D eigenvalue weighted by Crippen LogP contribution is -2.29. The maximum atomic E-state index is 11.2. The topological polar surface area (TPSA) is 30.0 Å². The third kappa shape index (κ3) is 1.69. The Kier molecular flexibility index (Phi) is 2.36. The van der Waals surface area contributed by atoms with Gasteiger partial charge in [-0.25, -0.2) is 0 Å². The van der Waals surface area contributed by atoms with E-state index in [9.17, 15) is 4.79 Å². The predicted octanol–water partition coefficient (Wildman–Crippen LogP) is 2.48. The molecular weight excluding hydrogens is 174 g/mol. The molecule has 14 heavy (non-hydrogen) atoms. The first kappa shape index (κ1) is 9.38. The minimum Gasteiger partial charge on any atom is -0.300 e. The molecule has 1 aliphatic carbocycles. The Bertz CT molecular complexity index is 321. The number of ketones is 1. The Labute approximate surface area is 84.4 Å². The summed E-state index contributed by atoms with van der Waals surface area (Å²) in [6.07, 6.45) is 5.16. The fourth-order valence-corrected chi connectivity index (χ4v) is 2.06. The largest absolute Gasteiger partial charge is 0.300 e. The molecule has 2 heteroatoms. The highest BCUT2D eigenvalue weighted by Crippen LogP contribution is 2.36. The van der Waals surface area contributed by atoms with E-state index in [1.54, 1.807) is 0 Å². The van der Waals surface area contributed by atoms with Gasteiger partial charge in [0.05, 0.1) is 0 Å². The van der Waals surface area contributed by atoms with Crippen LogP contribution >= 0.6 is 0 Å². The molecule has 0 amide bonds. The van der Waals surface area contributed by atoms with E-state index in [0.717, 1.165) is 18.5 Å². The number of hydrogen-bond donors (Lipinski definition) is 0. The number of aromatic nitrogens is 1. The average molecular weight is 189 g/mol. The van der Waals surface area contributed by atoms with Gasteiger partial charge in [-0.15, -0.1) is 0 Å². The van der Waals surface area contributed by atoms with Crippen LogP contribution in [0.25, 0.3) is 0 Å². The molecule has 0 aromatic carbocycles. The first-order valence-corrected chi connectivity index (χ1v) is 5.14. The van der Waals surface area contributed by atoms with Crippen molar-refractivity contribution < 1.29 is 4.79 Å². The van der Waals surface area contributed by atoms with E-state index in [0.29, 0.717) is 18.6 Å². The van der Waals surface area contributed by atoms with Gasteiger partial charge in [0, 0.05) is 30.1 Å². The van der Waals surface area contributed by atoms with Gasteiger partial charge in [0.15, 0.2) is 0 Å². The van der Waals surface area contributed by atoms with Crippen LogP contribution in [0.3, 0.4) is 0 Å². The van der Waals surface area contributed by atoms with E-state index in [1.165, 1.54) is 0 Å². The second-order valence-corrected chi connectivity index (χ2v) is 4.31. The summed E-state index contributed by atoms with van der Waals surface area (Å²) in [7, 11) is 0. The van der Waals surface area contributed by atoms with E-state index in [2.05, 4.69) is 18.0 Å². The van der Waals surface area contributed by atoms with E-state index < -0.39 is 0 Å². The van der Waals surface area contributed by atoms with Crippen LogP contribution in [0.1, 0.15) is 38.3 Å². The number of pyridine rings is 1. The molecule has 0 spiro atoms. The zero-order valence-corrected chi connectivity index (χ0v) is 8.49. The lowest BCUT2D eigenvalue weighted by molar-refractivity contribution is -0.121. The summed E-state index contributed by atoms with van der Waals surface area (Å²) < 4.78 is 0. The Morgan fingerprint density at radius 1 is 1.29 bits per heavy atom. The molecular formula is C12H15NO. The summed E-state index contributed by atoms with van der Waals surface area (Å²) in [6, 6.07) is 6.01. The molecule has 0 atom stereocenters. The van der Waals surface area contributed by atoms with Crippen LogP contribution in [0.5, 0.6) is 0 Å². The Morgan fingerprint density at radius 2 is 2.00 bits per heavy atom. The van der Waals surface area contributed by atoms with Gasteiger partial charge < -0.3 is 0 Å². The van der Waals surface area contributed by atoms with Gasteiger partial charge in [-0.05, 0) is 25.0 Å². The summed E-state index contributed by atoms with van der Waals surface area (Å²) >= 11 is 0. The molecule has 0 bridgehead atoms. The summed E-state index contributed by atoms with van der Waals surface area (Å²) in [5.41, 5.74) is 1.25. The summed E-state index contributed by atoms with van der Waals surface area (Å²) in [4.78, 5) is 15.5. The quantitative estimate of drug-likeness (QED) is 0.679. The van der Waals surface area contributed by atoms with E-state index >= 15 is 0 Å². The fourth-order valence-electron chi connectivity index (χ4n) is 2.06. The van der Waals surface area contributed by atoms with E-state index in [1.807, 2.05) is 18.3 Å². The first-order chi connectivity index (χ1) is 6.71. The molecule has 0 N–H and O–H groups in total. The molecule has 0 radical (unpaired) electrons. The fraction of sp³-hybridized carbons (Fsp3) is 0.500. The molecule has 1 heterocycles. The molecule has 0 saturated heterocycles. The molecule has 2 nitrogen and oxygen atoms in total. The van der Waals surface area contributed by atoms with Crippen molar-refractivity contribution in [2.45, 2.75) is 38.0 Å². The number of nitrogens with zero attached hydrogens (tertiary/aromatic N) is 1. The zero-order valence-electron chi connectivity index (χ0n) is 8.49. The summed E-state index contributed by atoms with van der Waals surface area (Å²) in [5, 5.41) is 0. The predicted molar refractivity (Wildman–Crippen MR) is 55.1 cm³/mol. The van der Waals surface area contributed by atoms with Crippen LogP contribution in [-0.2, 0) is 10.2 Å². The van der Waals surface area contributed by atoms with Crippen molar-refractivity contribution in [2.24, 2.45) is 0 Å². The third-order valence-corrected chi connectivity index (χ3v) is 3.19. The third-order valence-electron chi connectivity index (χ3n) is 3.19. The highest BCUT2D eigenvalue weighted by Gasteiger charge is 2.32. The minimum atomic E-state index is 0.120. The molecule has 74 valence electrons. The highest BCUT2D eigenvalue weighted by molar-refractivity contribution is 5.79. The Hall–Kier alpha value is -1.18. The number of hydrogen-bond acceptors (Lipinski definition) is 2. The molecule has 2 rings (SSSR count). The molecule has 0 unspecified atom stereocenters. The molecule has 1 aromatic heterocycles. The van der Waals surface area contributed by atoms with Crippen molar-refractivity contribution in [2.75, 3.05) is 0 Å². The SMILES string of the molecule is CC1(c2ccccn2)CCC(=O)CC1. The Morgan fingerprint density at radius 3 is 2.57 bits per heavy atom. The van der Waals surface area contributed by atoms with Crippen molar-refractivity contribution >= 4 is 5.78 Å². The second-order valence-electron chi connectivity index (χ2n) is 4.31. The lowest BCUT2D eigenvalue weighted by Gasteiger charge is -2.32. The molecule has 1 fully saturated rings. The van der Waals surface area contributed by atoms with Crippen LogP contribution in [0.15, 0.2) is 24.4 Å². The average Bonchev–Trinajstić information content (AvgIpc) is 2.24. The summed E-state index contributed by atoms with van der Waals surface area (Å²) in [5.74, 6) is 0.401. The number of Topliss-reactive ketones (excluding diaryl/α,β-unsaturated/α-hetero) is 1. The van der Waals surface area contributed by atoms with Crippen LogP contribution in [0, 0.1) is 0 Å². The van der Waals surface area contributed by atoms with Crippen molar-refractivity contribution in [1.29, 1.82) is 0 Å². The maximum absolute atomic E-state index is 11.2. The van der Waals surface area contributed by atoms with Crippen LogP contribution in [0.2, 0.25) is 0 Å². The van der Waals surface area contributed by atoms with Crippen LogP contribution in [0.4, 0.5) is 0 Å². The van der Waals surface area contributed by atoms with Crippen molar-refractivity contribution in [3.05, 3.63) is 30.1 Å². The van der Waals surface area contributed by atoms with Crippen LogP contribution in [-0.4, -0.2) is 10.8 Å². The van der Waals surface area contributed by atoms with Crippen molar-refractivity contribution in [1.82, 2.24) is 4.98 Å². The monoisotopic (exact) mass is 189 g/mol. The Balaban J connectivity index is 2.21. The first-order valence-electron chi connectivity index (χ1n) is 5.14. The molecule has 0 aliphatic heterocycles. The highest BCUT2D eigenvalue weighted by atomic mass is 16.1. The van der Waals surface area contributed by atoms with Crippen molar-refractivity contribution in [3.8, 4) is 0 Å². The molecule has 1 saturated carbocycles. The number of carbonyl (C=O) groups is 1. The molecule has 1 aliphatic rings. The standard InChI is InChI=1S/C12H15NO/c1-12(7-5-10(14)6-8-12)11-4-2-3-9-13-11/h2-4,9H,5-8H2,1H3. The second kappa shape index (κ2) is 3.52. The normalized spacial score (nSPS) is 20.8. The van der Waals surface area contributed by atoms with Gasteiger partial charge in [-0.2, -0.15) is 0 Å². The minimum absolute atomic E-state index is 0.120. The molecule has 1 aromatic rings. The maximum Gasteiger partial charge on any atom is 0.132 e. The van der Waals surface area contributed by atoms with Crippen molar-refractivity contribution in [3.63, 3.8) is 0 Å². The lowest BCUT2D eigenvalue weighted by atomic mass is 9.73. The summed E-state index contributed by atoms with van der Waals surface area (Å²) in [6.45, 7) is 2.21. The van der Waals surface area contributed by atoms with Gasteiger partial charge in [-0.1, -0.05) is 13.0 Å². The van der Waals surface area contributed by atoms with Gasteiger partial charge in [0.1, 0.15) is 5.78 Å². The van der Waals surface area contributed by atoms with E-state index in [4.69, 9.17) is 0 Å². The number of rotatable bonds is 1. The van der Waals surface area contributed by atoms with Gasteiger partial charge in [-0.3, -0.25) is 9.78 Å². The number of carbonyl (C=O) groups excluding carboxylic acids is 1. The van der Waals surface area contributed by atoms with E-state index in [-0.39, 0.29) is 5.41 Å².